The molecule has 2 amide bonds. The molecule has 1 aliphatic heterocycles. The predicted molar refractivity (Wildman–Crippen MR) is 140 cm³/mol. The molecule has 3 aromatic rings. The number of para-hydroxylation sites is 2. The lowest BCUT2D eigenvalue weighted by Crippen LogP contribution is -2.45. The van der Waals surface area contributed by atoms with Gasteiger partial charge in [-0.3, -0.25) is 9.69 Å². The van der Waals surface area contributed by atoms with Crippen LogP contribution in [0.3, 0.4) is 0 Å². The van der Waals surface area contributed by atoms with E-state index < -0.39 is 0 Å². The van der Waals surface area contributed by atoms with Crippen molar-refractivity contribution in [1.82, 2.24) is 14.8 Å². The number of aromatic amines is 1. The van der Waals surface area contributed by atoms with E-state index in [4.69, 9.17) is 14.2 Å². The maximum Gasteiger partial charge on any atom is 0.322 e. The van der Waals surface area contributed by atoms with Gasteiger partial charge in [0.25, 0.3) is 5.56 Å². The fourth-order valence-electron chi connectivity index (χ4n) is 4.84. The van der Waals surface area contributed by atoms with Gasteiger partial charge >= 0.3 is 6.03 Å². The summed E-state index contributed by atoms with van der Waals surface area (Å²) in [6.07, 6.45) is 2.11. The van der Waals surface area contributed by atoms with Gasteiger partial charge in [-0.15, -0.1) is 0 Å². The van der Waals surface area contributed by atoms with E-state index in [1.165, 1.54) is 0 Å². The van der Waals surface area contributed by atoms with Crippen LogP contribution in [0.2, 0.25) is 0 Å². The van der Waals surface area contributed by atoms with Gasteiger partial charge < -0.3 is 29.4 Å². The molecular weight excluding hydrogens is 460 g/mol. The van der Waals surface area contributed by atoms with E-state index >= 15 is 0 Å². The molecule has 192 valence electrons. The number of aromatic nitrogens is 1. The van der Waals surface area contributed by atoms with Crippen LogP contribution < -0.4 is 25.1 Å². The summed E-state index contributed by atoms with van der Waals surface area (Å²) in [6, 6.07) is 12.6. The normalized spacial score (nSPS) is 15.6. The Labute approximate surface area is 210 Å². The van der Waals surface area contributed by atoms with Crippen LogP contribution in [0.4, 0.5) is 10.5 Å². The largest absolute Gasteiger partial charge is 0.495 e. The van der Waals surface area contributed by atoms with Crippen molar-refractivity contribution >= 4 is 22.6 Å². The number of benzene rings is 2. The average molecular weight is 495 g/mol. The number of ether oxygens (including phenoxy) is 3. The second-order valence-corrected chi connectivity index (χ2v) is 8.85. The SMILES string of the molecule is CCN1CCCC1CN(Cc1cc2cc(OC)c(OC)cc2[nH]c1=O)C(=O)Nc1ccccc1OC. The van der Waals surface area contributed by atoms with Crippen molar-refractivity contribution in [1.29, 1.82) is 0 Å². The predicted octanol–water partition coefficient (Wildman–Crippen LogP) is 4.07. The average Bonchev–Trinajstić information content (AvgIpc) is 3.35. The number of likely N-dealkylation sites (tertiary alicyclic amines) is 1. The molecule has 1 unspecified atom stereocenters. The van der Waals surface area contributed by atoms with Crippen LogP contribution >= 0.6 is 0 Å². The first-order valence-electron chi connectivity index (χ1n) is 12.2. The summed E-state index contributed by atoms with van der Waals surface area (Å²) in [6.45, 7) is 4.74. The standard InChI is InChI=1S/C27H34N4O5/c1-5-30-12-8-9-20(30)17-31(27(33)29-21-10-6-7-11-23(21)34-2)16-19-13-18-14-24(35-3)25(36-4)15-22(18)28-26(19)32/h6-7,10-11,13-15,20H,5,8-9,12,16-17H2,1-4H3,(H,28,32)(H,29,33). The minimum atomic E-state index is -0.283. The molecule has 4 rings (SSSR count). The van der Waals surface area contributed by atoms with Crippen molar-refractivity contribution in [2.75, 3.05) is 46.3 Å². The molecular formula is C27H34N4O5. The van der Waals surface area contributed by atoms with Crippen LogP contribution in [-0.4, -0.2) is 67.8 Å². The van der Waals surface area contributed by atoms with Crippen molar-refractivity contribution in [3.8, 4) is 17.2 Å². The zero-order valence-corrected chi connectivity index (χ0v) is 21.3. The van der Waals surface area contributed by atoms with E-state index in [-0.39, 0.29) is 24.2 Å². The number of carbonyl (C=O) groups excluding carboxylic acids is 1. The maximum absolute atomic E-state index is 13.5. The Morgan fingerprint density at radius 2 is 1.81 bits per heavy atom. The zero-order valence-electron chi connectivity index (χ0n) is 21.3. The molecule has 1 saturated heterocycles. The number of urea groups is 1. The number of carbonyl (C=O) groups is 1. The lowest BCUT2D eigenvalue weighted by Gasteiger charge is -2.30. The minimum Gasteiger partial charge on any atom is -0.495 e. The highest BCUT2D eigenvalue weighted by Gasteiger charge is 2.28. The lowest BCUT2D eigenvalue weighted by molar-refractivity contribution is 0.174. The second kappa shape index (κ2) is 11.3. The number of likely N-dealkylation sites (N-methyl/N-ethyl adjacent to an activating group) is 1. The Hall–Kier alpha value is -3.72. The van der Waals surface area contributed by atoms with Gasteiger partial charge in [0.2, 0.25) is 0 Å². The number of anilines is 1. The van der Waals surface area contributed by atoms with Gasteiger partial charge in [0.15, 0.2) is 11.5 Å². The number of nitrogens with one attached hydrogen (secondary N) is 2. The molecule has 0 saturated carbocycles. The molecule has 0 aliphatic carbocycles. The summed E-state index contributed by atoms with van der Waals surface area (Å²) >= 11 is 0. The van der Waals surface area contributed by atoms with Crippen molar-refractivity contribution < 1.29 is 19.0 Å². The van der Waals surface area contributed by atoms with Gasteiger partial charge in [0, 0.05) is 29.6 Å². The Morgan fingerprint density at radius 3 is 2.53 bits per heavy atom. The van der Waals surface area contributed by atoms with E-state index in [0.29, 0.717) is 40.6 Å². The quantitative estimate of drug-likeness (QED) is 0.466. The first-order chi connectivity index (χ1) is 17.5. The van der Waals surface area contributed by atoms with E-state index in [9.17, 15) is 9.59 Å². The topological polar surface area (TPSA) is 96.1 Å². The van der Waals surface area contributed by atoms with Gasteiger partial charge in [0.05, 0.1) is 39.1 Å². The Morgan fingerprint density at radius 1 is 1.08 bits per heavy atom. The summed E-state index contributed by atoms with van der Waals surface area (Å²) in [5.41, 5.74) is 1.46. The van der Waals surface area contributed by atoms with Crippen molar-refractivity contribution in [3.05, 3.63) is 58.4 Å². The summed E-state index contributed by atoms with van der Waals surface area (Å²) in [5.74, 6) is 1.68. The minimum absolute atomic E-state index is 0.161. The molecule has 1 fully saturated rings. The highest BCUT2D eigenvalue weighted by atomic mass is 16.5. The Kier molecular flexibility index (Phi) is 8.00. The monoisotopic (exact) mass is 494 g/mol. The maximum atomic E-state index is 13.5. The van der Waals surface area contributed by atoms with Crippen LogP contribution in [0.25, 0.3) is 10.9 Å². The van der Waals surface area contributed by atoms with Crippen molar-refractivity contribution in [3.63, 3.8) is 0 Å². The summed E-state index contributed by atoms with van der Waals surface area (Å²) in [7, 11) is 4.69. The van der Waals surface area contributed by atoms with Crippen molar-refractivity contribution in [2.24, 2.45) is 0 Å². The van der Waals surface area contributed by atoms with E-state index in [0.717, 1.165) is 31.3 Å². The summed E-state index contributed by atoms with van der Waals surface area (Å²) < 4.78 is 16.2. The number of hydrogen-bond acceptors (Lipinski definition) is 6. The molecule has 2 heterocycles. The molecule has 1 aliphatic rings. The molecule has 36 heavy (non-hydrogen) atoms. The molecule has 2 N–H and O–H groups in total. The molecule has 0 bridgehead atoms. The molecule has 0 spiro atoms. The smallest absolute Gasteiger partial charge is 0.322 e. The summed E-state index contributed by atoms with van der Waals surface area (Å²) in [5, 5.41) is 3.77. The third kappa shape index (κ3) is 5.41. The van der Waals surface area contributed by atoms with Gasteiger partial charge in [-0.2, -0.15) is 0 Å². The Balaban J connectivity index is 1.66. The van der Waals surface area contributed by atoms with Crippen LogP contribution in [0.1, 0.15) is 25.3 Å². The van der Waals surface area contributed by atoms with E-state index in [1.807, 2.05) is 24.3 Å². The lowest BCUT2D eigenvalue weighted by atomic mass is 10.1. The number of rotatable bonds is 9. The molecule has 0 radical (unpaired) electrons. The highest BCUT2D eigenvalue weighted by Crippen LogP contribution is 2.31. The molecule has 1 atom stereocenters. The molecule has 9 nitrogen and oxygen atoms in total. The molecule has 9 heteroatoms. The number of nitrogens with zero attached hydrogens (tertiary/aromatic N) is 2. The third-order valence-electron chi connectivity index (χ3n) is 6.76. The number of amides is 2. The number of methoxy groups -OCH3 is 3. The van der Waals surface area contributed by atoms with Crippen LogP contribution in [0.15, 0.2) is 47.3 Å². The third-order valence-corrected chi connectivity index (χ3v) is 6.76. The fourth-order valence-corrected chi connectivity index (χ4v) is 4.84. The highest BCUT2D eigenvalue weighted by molar-refractivity contribution is 5.91. The van der Waals surface area contributed by atoms with E-state index in [1.54, 1.807) is 44.4 Å². The molecule has 1 aromatic heterocycles. The molecule has 2 aromatic carbocycles. The first kappa shape index (κ1) is 25.4. The number of fused-ring (bicyclic) bond motifs is 1. The van der Waals surface area contributed by atoms with Gasteiger partial charge in [0.1, 0.15) is 5.75 Å². The van der Waals surface area contributed by atoms with Crippen LogP contribution in [0, 0.1) is 0 Å². The number of pyridine rings is 1. The Bertz CT molecular complexity index is 1270. The first-order valence-corrected chi connectivity index (χ1v) is 12.2. The van der Waals surface area contributed by atoms with Crippen LogP contribution in [0.5, 0.6) is 17.2 Å². The zero-order chi connectivity index (χ0) is 25.7. The van der Waals surface area contributed by atoms with E-state index in [2.05, 4.69) is 22.1 Å². The number of H-pyrrole nitrogens is 1. The van der Waals surface area contributed by atoms with Gasteiger partial charge in [-0.1, -0.05) is 19.1 Å². The van der Waals surface area contributed by atoms with Gasteiger partial charge in [-0.25, -0.2) is 4.79 Å². The number of hydrogen-bond donors (Lipinski definition) is 2. The second-order valence-electron chi connectivity index (χ2n) is 8.85. The fraction of sp³-hybridized carbons (Fsp3) is 0.407. The van der Waals surface area contributed by atoms with Crippen LogP contribution in [-0.2, 0) is 6.54 Å². The van der Waals surface area contributed by atoms with Crippen molar-refractivity contribution in [2.45, 2.75) is 32.4 Å². The van der Waals surface area contributed by atoms with Gasteiger partial charge in [-0.05, 0) is 50.2 Å². The summed E-state index contributed by atoms with van der Waals surface area (Å²) in [4.78, 5) is 33.6.